The van der Waals surface area contributed by atoms with Gasteiger partial charge in [-0.2, -0.15) is 0 Å². The molecule has 0 N–H and O–H groups in total. The fourth-order valence-electron chi connectivity index (χ4n) is 6.82. The van der Waals surface area contributed by atoms with Gasteiger partial charge in [0.15, 0.2) is 0 Å². The zero-order valence-corrected chi connectivity index (χ0v) is 25.5. The molecule has 0 saturated heterocycles. The van der Waals surface area contributed by atoms with Crippen molar-refractivity contribution in [1.29, 1.82) is 0 Å². The fourth-order valence-corrected chi connectivity index (χ4v) is 6.82. The van der Waals surface area contributed by atoms with Crippen molar-refractivity contribution in [3.63, 3.8) is 0 Å². The molecular formula is C46H31N. The van der Waals surface area contributed by atoms with E-state index < -0.39 is 0 Å². The molecule has 0 bridgehead atoms. The molecule has 0 saturated carbocycles. The summed E-state index contributed by atoms with van der Waals surface area (Å²) < 4.78 is 37.4. The molecule has 0 aliphatic heterocycles. The first-order chi connectivity index (χ1) is 25.0. The van der Waals surface area contributed by atoms with Crippen LogP contribution < -0.4 is 4.90 Å². The summed E-state index contributed by atoms with van der Waals surface area (Å²) in [5.41, 5.74) is 4.69. The first-order valence-electron chi connectivity index (χ1n) is 17.9. The number of nitrogens with zero attached hydrogens (tertiary/aromatic N) is 1. The summed E-state index contributed by atoms with van der Waals surface area (Å²) in [5, 5.41) is 8.99. The second-order valence-corrected chi connectivity index (χ2v) is 11.9. The van der Waals surface area contributed by atoms with E-state index in [-0.39, 0.29) is 35.4 Å². The fraction of sp³-hybridized carbons (Fsp3) is 0. The van der Waals surface area contributed by atoms with Gasteiger partial charge in [0.05, 0.1) is 5.48 Å². The summed E-state index contributed by atoms with van der Waals surface area (Å²) in [7, 11) is 0. The maximum absolute atomic E-state index is 9.41. The summed E-state index contributed by atoms with van der Waals surface area (Å²) in [5.74, 6) is 0. The summed E-state index contributed by atoms with van der Waals surface area (Å²) in [6.07, 6.45) is 0. The van der Waals surface area contributed by atoms with Crippen LogP contribution in [0, 0.1) is 0 Å². The standard InChI is InChI=1S/C46H31N/c1-2-14-38(15-3-1)47(39-26-23-32(24-27-39)34-25-28-43-37(29-34)22-21-33-11-4-6-17-41(33)43)40-16-10-13-35(30-40)46-31-36-12-5-7-18-42(36)44-19-8-9-20-45(44)46/h1-31H/i23D,24D,26D,27D. The highest BCUT2D eigenvalue weighted by atomic mass is 15.1. The van der Waals surface area contributed by atoms with Crippen LogP contribution in [0.5, 0.6) is 0 Å². The van der Waals surface area contributed by atoms with E-state index in [1.807, 2.05) is 77.7 Å². The number of fused-ring (bicyclic) bond motifs is 6. The number of benzene rings is 9. The predicted molar refractivity (Wildman–Crippen MR) is 202 cm³/mol. The molecule has 47 heavy (non-hydrogen) atoms. The lowest BCUT2D eigenvalue weighted by Gasteiger charge is -2.26. The first-order valence-corrected chi connectivity index (χ1v) is 15.9. The smallest absolute Gasteiger partial charge is 0.0645 e. The van der Waals surface area contributed by atoms with Gasteiger partial charge in [0.1, 0.15) is 0 Å². The van der Waals surface area contributed by atoms with Gasteiger partial charge >= 0.3 is 0 Å². The molecule has 0 unspecified atom stereocenters. The van der Waals surface area contributed by atoms with E-state index in [9.17, 15) is 5.48 Å². The maximum atomic E-state index is 9.41. The molecule has 0 aromatic heterocycles. The summed E-state index contributed by atoms with van der Waals surface area (Å²) in [6, 6.07) is 54.7. The van der Waals surface area contributed by atoms with Gasteiger partial charge in [-0.05, 0) is 114 Å². The molecule has 9 aromatic rings. The molecule has 9 rings (SSSR count). The van der Waals surface area contributed by atoms with Crippen LogP contribution in [0.4, 0.5) is 17.1 Å². The van der Waals surface area contributed by atoms with E-state index in [4.69, 9.17) is 0 Å². The molecule has 0 atom stereocenters. The average molecular weight is 602 g/mol. The lowest BCUT2D eigenvalue weighted by molar-refractivity contribution is 1.28. The van der Waals surface area contributed by atoms with E-state index in [0.29, 0.717) is 5.56 Å². The summed E-state index contributed by atoms with van der Waals surface area (Å²) in [6.45, 7) is 0. The minimum atomic E-state index is -0.102. The second kappa shape index (κ2) is 11.3. The van der Waals surface area contributed by atoms with E-state index in [1.165, 1.54) is 10.8 Å². The molecule has 0 aliphatic rings. The van der Waals surface area contributed by atoms with Gasteiger partial charge in [-0.25, -0.2) is 0 Å². The van der Waals surface area contributed by atoms with Crippen LogP contribution in [-0.4, -0.2) is 0 Å². The van der Waals surface area contributed by atoms with E-state index in [0.717, 1.165) is 54.8 Å². The largest absolute Gasteiger partial charge is 0.310 e. The van der Waals surface area contributed by atoms with Crippen LogP contribution in [0.3, 0.4) is 0 Å². The lowest BCUT2D eigenvalue weighted by Crippen LogP contribution is -2.09. The van der Waals surface area contributed by atoms with Crippen LogP contribution in [0.15, 0.2) is 188 Å². The Kier molecular flexibility index (Phi) is 5.59. The minimum Gasteiger partial charge on any atom is -0.310 e. The van der Waals surface area contributed by atoms with Crippen LogP contribution >= 0.6 is 0 Å². The number of para-hydroxylation sites is 1. The van der Waals surface area contributed by atoms with Crippen molar-refractivity contribution in [2.75, 3.05) is 4.90 Å². The Bertz CT molecular complexity index is 2780. The molecule has 220 valence electrons. The Morgan fingerprint density at radius 1 is 0.319 bits per heavy atom. The zero-order chi connectivity index (χ0) is 34.6. The second-order valence-electron chi connectivity index (χ2n) is 11.9. The first kappa shape index (κ1) is 23.2. The molecule has 0 spiro atoms. The van der Waals surface area contributed by atoms with Crippen molar-refractivity contribution >= 4 is 60.2 Å². The third-order valence-corrected chi connectivity index (χ3v) is 9.07. The topological polar surface area (TPSA) is 3.24 Å². The molecule has 0 amide bonds. The third kappa shape index (κ3) is 4.81. The van der Waals surface area contributed by atoms with Gasteiger partial charge in [-0.15, -0.1) is 0 Å². The van der Waals surface area contributed by atoms with E-state index in [1.54, 1.807) is 0 Å². The zero-order valence-electron chi connectivity index (χ0n) is 29.5. The molecule has 0 heterocycles. The van der Waals surface area contributed by atoms with Crippen LogP contribution in [0.1, 0.15) is 5.48 Å². The lowest BCUT2D eigenvalue weighted by atomic mass is 9.93. The quantitative estimate of drug-likeness (QED) is 0.177. The normalized spacial score (nSPS) is 12.6. The number of rotatable bonds is 5. The van der Waals surface area contributed by atoms with Crippen molar-refractivity contribution in [3.8, 4) is 22.3 Å². The van der Waals surface area contributed by atoms with Gasteiger partial charge in [0, 0.05) is 17.1 Å². The van der Waals surface area contributed by atoms with Gasteiger partial charge in [0.25, 0.3) is 0 Å². The highest BCUT2D eigenvalue weighted by Crippen LogP contribution is 2.40. The van der Waals surface area contributed by atoms with Crippen LogP contribution in [0.2, 0.25) is 0 Å². The van der Waals surface area contributed by atoms with Crippen molar-refractivity contribution < 1.29 is 5.48 Å². The molecule has 0 fully saturated rings. The Morgan fingerprint density at radius 2 is 0.915 bits per heavy atom. The third-order valence-electron chi connectivity index (χ3n) is 9.07. The Morgan fingerprint density at radius 3 is 1.72 bits per heavy atom. The summed E-state index contributed by atoms with van der Waals surface area (Å²) >= 11 is 0. The monoisotopic (exact) mass is 601 g/mol. The van der Waals surface area contributed by atoms with Crippen molar-refractivity contribution in [2.45, 2.75) is 0 Å². The van der Waals surface area contributed by atoms with Crippen LogP contribution in [-0.2, 0) is 0 Å². The minimum absolute atomic E-state index is 0.0799. The highest BCUT2D eigenvalue weighted by molar-refractivity contribution is 6.14. The SMILES string of the molecule is [2H]c1c([2H])c(N(c2ccccc2)c2cccc(-c3cc4ccccc4c4ccccc34)c2)c([2H])c([2H])c1-c1ccc2c(ccc3ccccc32)c1. The molecule has 1 nitrogen and oxygen atoms in total. The van der Waals surface area contributed by atoms with Crippen molar-refractivity contribution in [2.24, 2.45) is 0 Å². The molecule has 0 aliphatic carbocycles. The molecular weight excluding hydrogens is 567 g/mol. The Hall–Kier alpha value is -6.18. The van der Waals surface area contributed by atoms with E-state index >= 15 is 0 Å². The van der Waals surface area contributed by atoms with Gasteiger partial charge in [-0.3, -0.25) is 0 Å². The van der Waals surface area contributed by atoms with Crippen molar-refractivity contribution in [1.82, 2.24) is 0 Å². The number of hydrogen-bond donors (Lipinski definition) is 0. The maximum Gasteiger partial charge on any atom is 0.0645 e. The van der Waals surface area contributed by atoms with Gasteiger partial charge in [0.2, 0.25) is 0 Å². The molecule has 0 radical (unpaired) electrons. The van der Waals surface area contributed by atoms with Crippen molar-refractivity contribution in [3.05, 3.63) is 188 Å². The molecule has 1 heteroatoms. The van der Waals surface area contributed by atoms with Crippen LogP contribution in [0.25, 0.3) is 65.3 Å². The highest BCUT2D eigenvalue weighted by Gasteiger charge is 2.15. The molecule has 9 aromatic carbocycles. The Balaban J connectivity index is 1.22. The van der Waals surface area contributed by atoms with Gasteiger partial charge < -0.3 is 4.90 Å². The number of hydrogen-bond acceptors (Lipinski definition) is 1. The Labute approximate surface area is 280 Å². The van der Waals surface area contributed by atoms with E-state index in [2.05, 4.69) is 91.0 Å². The predicted octanol–water partition coefficient (Wildman–Crippen LogP) is 13.1. The number of anilines is 3. The summed E-state index contributed by atoms with van der Waals surface area (Å²) in [4.78, 5) is 1.85. The van der Waals surface area contributed by atoms with Gasteiger partial charge in [-0.1, -0.05) is 139 Å². The average Bonchev–Trinajstić information content (AvgIpc) is 3.18.